The predicted molar refractivity (Wildman–Crippen MR) is 102 cm³/mol. The molecule has 0 spiro atoms. The lowest BCUT2D eigenvalue weighted by molar-refractivity contribution is -0.135. The highest BCUT2D eigenvalue weighted by molar-refractivity contribution is 6.30. The van der Waals surface area contributed by atoms with Crippen molar-refractivity contribution >= 4 is 23.5 Å². The van der Waals surface area contributed by atoms with Gasteiger partial charge in [0.25, 0.3) is 5.91 Å². The van der Waals surface area contributed by atoms with Crippen molar-refractivity contribution in [1.82, 2.24) is 15.3 Å². The summed E-state index contributed by atoms with van der Waals surface area (Å²) in [5.41, 5.74) is -0.987. The summed E-state index contributed by atoms with van der Waals surface area (Å²) in [5.74, 6) is 1.16. The fourth-order valence-corrected chi connectivity index (χ4v) is 3.06. The van der Waals surface area contributed by atoms with Crippen LogP contribution >= 0.6 is 11.6 Å². The van der Waals surface area contributed by atoms with Crippen molar-refractivity contribution < 1.29 is 9.53 Å². The molecule has 0 bridgehead atoms. The molecule has 0 saturated carbocycles. The van der Waals surface area contributed by atoms with Gasteiger partial charge in [-0.2, -0.15) is 0 Å². The highest BCUT2D eigenvalue weighted by atomic mass is 35.5. The van der Waals surface area contributed by atoms with Crippen LogP contribution in [0.15, 0.2) is 42.7 Å². The second-order valence-electron chi connectivity index (χ2n) is 6.87. The summed E-state index contributed by atoms with van der Waals surface area (Å²) in [6, 6.07) is 8.82. The minimum Gasteiger partial charge on any atom is -0.478 e. The van der Waals surface area contributed by atoms with Crippen molar-refractivity contribution in [1.29, 1.82) is 0 Å². The minimum atomic E-state index is -0.987. The third-order valence-electron chi connectivity index (χ3n) is 4.33. The van der Waals surface area contributed by atoms with E-state index < -0.39 is 5.60 Å². The number of aromatic nitrogens is 2. The van der Waals surface area contributed by atoms with E-state index in [0.29, 0.717) is 23.3 Å². The molecule has 1 fully saturated rings. The van der Waals surface area contributed by atoms with Gasteiger partial charge in [-0.15, -0.1) is 0 Å². The molecular weight excluding hydrogens is 352 g/mol. The van der Waals surface area contributed by atoms with Gasteiger partial charge in [0.15, 0.2) is 5.60 Å². The highest BCUT2D eigenvalue weighted by Gasteiger charge is 2.33. The van der Waals surface area contributed by atoms with E-state index in [1.165, 1.54) is 0 Å². The molecule has 2 aromatic rings. The molecule has 1 aromatic carbocycles. The Morgan fingerprint density at radius 3 is 2.65 bits per heavy atom. The number of carbonyl (C=O) groups is 1. The van der Waals surface area contributed by atoms with Crippen LogP contribution in [-0.4, -0.2) is 40.6 Å². The van der Waals surface area contributed by atoms with Crippen LogP contribution in [0, 0.1) is 0 Å². The normalized spacial score (nSPS) is 17.7. The fraction of sp³-hybridized carbons (Fsp3) is 0.421. The third-order valence-corrected chi connectivity index (χ3v) is 4.58. The number of ether oxygens (including phenoxy) is 1. The van der Waals surface area contributed by atoms with Gasteiger partial charge >= 0.3 is 0 Å². The number of benzene rings is 1. The van der Waals surface area contributed by atoms with Crippen LogP contribution in [0.2, 0.25) is 5.02 Å². The maximum Gasteiger partial charge on any atom is 0.263 e. The number of piperidine rings is 1. The third kappa shape index (κ3) is 4.64. The molecule has 138 valence electrons. The molecule has 7 heteroatoms. The second-order valence-corrected chi connectivity index (χ2v) is 7.31. The standard InChI is InChI=1S/C19H23ClN4O2/c1-19(2,26-16-8-6-14(20)7-9-16)17(25)23-15-5-3-12-24(13-15)18-21-10-4-11-22-18/h4,6-11,15H,3,5,12-13H2,1-2H3,(H,23,25). The summed E-state index contributed by atoms with van der Waals surface area (Å²) in [7, 11) is 0. The summed E-state index contributed by atoms with van der Waals surface area (Å²) in [6.07, 6.45) is 5.36. The first-order chi connectivity index (χ1) is 12.4. The number of nitrogens with one attached hydrogen (secondary N) is 1. The molecule has 1 atom stereocenters. The zero-order valence-electron chi connectivity index (χ0n) is 15.0. The Balaban J connectivity index is 1.60. The molecule has 1 amide bonds. The molecule has 6 nitrogen and oxygen atoms in total. The van der Waals surface area contributed by atoms with Gasteiger partial charge in [0.05, 0.1) is 0 Å². The molecule has 1 unspecified atom stereocenters. The molecule has 0 radical (unpaired) electrons. The largest absolute Gasteiger partial charge is 0.478 e. The summed E-state index contributed by atoms with van der Waals surface area (Å²) in [6.45, 7) is 5.10. The summed E-state index contributed by atoms with van der Waals surface area (Å²) >= 11 is 5.89. The van der Waals surface area contributed by atoms with E-state index in [0.717, 1.165) is 19.4 Å². The van der Waals surface area contributed by atoms with Crippen LogP contribution in [0.3, 0.4) is 0 Å². The topological polar surface area (TPSA) is 67.3 Å². The van der Waals surface area contributed by atoms with E-state index >= 15 is 0 Å². The zero-order valence-corrected chi connectivity index (χ0v) is 15.7. The number of carbonyl (C=O) groups excluding carboxylic acids is 1. The Morgan fingerprint density at radius 2 is 1.96 bits per heavy atom. The first-order valence-corrected chi connectivity index (χ1v) is 9.09. The average molecular weight is 375 g/mol. The number of rotatable bonds is 5. The molecule has 1 aromatic heterocycles. The van der Waals surface area contributed by atoms with Gasteiger partial charge in [-0.05, 0) is 57.0 Å². The molecule has 0 aliphatic carbocycles. The van der Waals surface area contributed by atoms with E-state index in [1.807, 2.05) is 0 Å². The maximum absolute atomic E-state index is 12.7. The minimum absolute atomic E-state index is 0.0353. The molecule has 26 heavy (non-hydrogen) atoms. The van der Waals surface area contributed by atoms with Gasteiger partial charge in [-0.3, -0.25) is 4.79 Å². The SMILES string of the molecule is CC(C)(Oc1ccc(Cl)cc1)C(=O)NC1CCCN(c2ncccn2)C1. The number of hydrogen-bond donors (Lipinski definition) is 1. The Hall–Kier alpha value is -2.34. The van der Waals surface area contributed by atoms with Crippen LogP contribution in [0.1, 0.15) is 26.7 Å². The van der Waals surface area contributed by atoms with E-state index in [1.54, 1.807) is 56.6 Å². The number of amides is 1. The van der Waals surface area contributed by atoms with Gasteiger partial charge in [0.1, 0.15) is 5.75 Å². The molecular formula is C19H23ClN4O2. The summed E-state index contributed by atoms with van der Waals surface area (Å²) in [4.78, 5) is 23.4. The lowest BCUT2D eigenvalue weighted by Crippen LogP contribution is -2.54. The van der Waals surface area contributed by atoms with Crippen LogP contribution in [0.25, 0.3) is 0 Å². The van der Waals surface area contributed by atoms with E-state index in [9.17, 15) is 4.79 Å². The quantitative estimate of drug-likeness (QED) is 0.871. The summed E-state index contributed by atoms with van der Waals surface area (Å²) in [5, 5.41) is 3.73. The zero-order chi connectivity index (χ0) is 18.6. The molecule has 1 aliphatic rings. The van der Waals surface area contributed by atoms with Crippen molar-refractivity contribution in [3.05, 3.63) is 47.7 Å². The first kappa shape index (κ1) is 18.5. The van der Waals surface area contributed by atoms with Crippen molar-refractivity contribution in [2.24, 2.45) is 0 Å². The van der Waals surface area contributed by atoms with Crippen LogP contribution in [0.4, 0.5) is 5.95 Å². The van der Waals surface area contributed by atoms with Gasteiger partial charge in [0, 0.05) is 36.5 Å². The Morgan fingerprint density at radius 1 is 1.27 bits per heavy atom. The van der Waals surface area contributed by atoms with Crippen molar-refractivity contribution in [3.63, 3.8) is 0 Å². The average Bonchev–Trinajstić information content (AvgIpc) is 2.64. The smallest absolute Gasteiger partial charge is 0.263 e. The van der Waals surface area contributed by atoms with E-state index in [-0.39, 0.29) is 11.9 Å². The fourth-order valence-electron chi connectivity index (χ4n) is 2.93. The van der Waals surface area contributed by atoms with Gasteiger partial charge in [-0.25, -0.2) is 9.97 Å². The van der Waals surface area contributed by atoms with Crippen LogP contribution in [0.5, 0.6) is 5.75 Å². The van der Waals surface area contributed by atoms with Crippen molar-refractivity contribution in [3.8, 4) is 5.75 Å². The molecule has 1 saturated heterocycles. The number of hydrogen-bond acceptors (Lipinski definition) is 5. The molecule has 3 rings (SSSR count). The highest BCUT2D eigenvalue weighted by Crippen LogP contribution is 2.22. The number of nitrogens with zero attached hydrogens (tertiary/aromatic N) is 3. The Kier molecular flexibility index (Phi) is 5.61. The molecule has 1 aliphatic heterocycles. The summed E-state index contributed by atoms with van der Waals surface area (Å²) < 4.78 is 5.86. The number of anilines is 1. The Bertz CT molecular complexity index is 737. The lowest BCUT2D eigenvalue weighted by atomic mass is 10.0. The van der Waals surface area contributed by atoms with E-state index in [4.69, 9.17) is 16.3 Å². The van der Waals surface area contributed by atoms with Crippen LogP contribution < -0.4 is 15.0 Å². The second kappa shape index (κ2) is 7.91. The molecule has 2 heterocycles. The van der Waals surface area contributed by atoms with Gasteiger partial charge < -0.3 is 15.0 Å². The maximum atomic E-state index is 12.7. The van der Waals surface area contributed by atoms with Gasteiger partial charge in [0.2, 0.25) is 5.95 Å². The first-order valence-electron chi connectivity index (χ1n) is 8.71. The van der Waals surface area contributed by atoms with Crippen molar-refractivity contribution in [2.75, 3.05) is 18.0 Å². The lowest BCUT2D eigenvalue weighted by Gasteiger charge is -2.35. The predicted octanol–water partition coefficient (Wildman–Crippen LogP) is 3.07. The van der Waals surface area contributed by atoms with Crippen molar-refractivity contribution in [2.45, 2.75) is 38.3 Å². The molecule has 1 N–H and O–H groups in total. The van der Waals surface area contributed by atoms with Crippen LogP contribution in [-0.2, 0) is 4.79 Å². The number of halogens is 1. The monoisotopic (exact) mass is 374 g/mol. The van der Waals surface area contributed by atoms with Gasteiger partial charge in [-0.1, -0.05) is 11.6 Å². The van der Waals surface area contributed by atoms with E-state index in [2.05, 4.69) is 20.2 Å². The Labute approximate surface area is 158 Å².